The number of carbonyl (C=O) groups is 2. The zero-order chi connectivity index (χ0) is 17.0. The average molecular weight is 338 g/mol. The molecule has 0 heterocycles. The molecule has 2 N–H and O–H groups in total. The summed E-state index contributed by atoms with van der Waals surface area (Å²) in [7, 11) is 0. The minimum absolute atomic E-state index is 0.0118. The Labute approximate surface area is 136 Å². The van der Waals surface area contributed by atoms with Crippen molar-refractivity contribution in [3.05, 3.63) is 58.4 Å². The Morgan fingerprint density at radius 1 is 1.26 bits per heavy atom. The number of hydrogen-bond acceptors (Lipinski definition) is 4. The monoisotopic (exact) mass is 337 g/mol. The lowest BCUT2D eigenvalue weighted by Gasteiger charge is -2.09. The molecule has 5 nitrogen and oxygen atoms in total. The van der Waals surface area contributed by atoms with Gasteiger partial charge in [0.25, 0.3) is 5.91 Å². The first kappa shape index (κ1) is 16.8. The molecule has 0 radical (unpaired) electrons. The molecule has 1 amide bonds. The summed E-state index contributed by atoms with van der Waals surface area (Å²) in [5.41, 5.74) is 0.539. The standard InChI is InChI=1S/C16H13ClFNO4/c1-9-2-4-13(12(18)6-9)19-15(21)8-23-16(22)11-7-10(17)3-5-14(11)20/h2-7,20H,8H2,1H3,(H,19,21). The molecule has 0 aliphatic heterocycles. The topological polar surface area (TPSA) is 75.6 Å². The first-order chi connectivity index (χ1) is 10.9. The lowest BCUT2D eigenvalue weighted by molar-refractivity contribution is -0.119. The number of phenols is 1. The Kier molecular flexibility index (Phi) is 5.18. The van der Waals surface area contributed by atoms with E-state index in [0.717, 1.165) is 0 Å². The van der Waals surface area contributed by atoms with E-state index < -0.39 is 24.3 Å². The van der Waals surface area contributed by atoms with Crippen molar-refractivity contribution in [3.8, 4) is 5.75 Å². The van der Waals surface area contributed by atoms with Gasteiger partial charge in [-0.05, 0) is 42.8 Å². The van der Waals surface area contributed by atoms with Crippen LogP contribution in [0.5, 0.6) is 5.75 Å². The van der Waals surface area contributed by atoms with Crippen molar-refractivity contribution in [3.63, 3.8) is 0 Å². The SMILES string of the molecule is Cc1ccc(NC(=O)COC(=O)c2cc(Cl)ccc2O)c(F)c1. The third-order valence-corrected chi connectivity index (χ3v) is 3.15. The van der Waals surface area contributed by atoms with Crippen LogP contribution in [0.4, 0.5) is 10.1 Å². The minimum Gasteiger partial charge on any atom is -0.507 e. The molecular weight excluding hydrogens is 325 g/mol. The fourth-order valence-electron chi connectivity index (χ4n) is 1.79. The fourth-order valence-corrected chi connectivity index (χ4v) is 1.96. The molecule has 2 rings (SSSR count). The zero-order valence-corrected chi connectivity index (χ0v) is 12.9. The van der Waals surface area contributed by atoms with E-state index in [-0.39, 0.29) is 22.0 Å². The predicted octanol–water partition coefficient (Wildman–Crippen LogP) is 3.29. The Bertz CT molecular complexity index is 764. The van der Waals surface area contributed by atoms with Gasteiger partial charge in [-0.25, -0.2) is 9.18 Å². The summed E-state index contributed by atoms with van der Waals surface area (Å²) >= 11 is 5.72. The van der Waals surface area contributed by atoms with E-state index in [1.807, 2.05) is 0 Å². The molecule has 0 aliphatic carbocycles. The molecule has 2 aromatic carbocycles. The number of aromatic hydroxyl groups is 1. The Morgan fingerprint density at radius 2 is 2.00 bits per heavy atom. The minimum atomic E-state index is -0.912. The van der Waals surface area contributed by atoms with Gasteiger partial charge in [-0.2, -0.15) is 0 Å². The van der Waals surface area contributed by atoms with Gasteiger partial charge in [-0.15, -0.1) is 0 Å². The molecule has 0 saturated heterocycles. The maximum atomic E-state index is 13.6. The second kappa shape index (κ2) is 7.11. The van der Waals surface area contributed by atoms with Gasteiger partial charge in [0.1, 0.15) is 17.1 Å². The van der Waals surface area contributed by atoms with Gasteiger partial charge >= 0.3 is 5.97 Å². The van der Waals surface area contributed by atoms with Gasteiger partial charge in [-0.1, -0.05) is 17.7 Å². The van der Waals surface area contributed by atoms with Crippen molar-refractivity contribution in [2.45, 2.75) is 6.92 Å². The molecule has 0 bridgehead atoms. The molecule has 0 fully saturated rings. The first-order valence-electron chi connectivity index (χ1n) is 6.58. The first-order valence-corrected chi connectivity index (χ1v) is 6.96. The number of rotatable bonds is 4. The second-order valence-electron chi connectivity index (χ2n) is 4.77. The molecule has 0 unspecified atom stereocenters. The number of carbonyl (C=O) groups excluding carboxylic acids is 2. The molecule has 23 heavy (non-hydrogen) atoms. The lowest BCUT2D eigenvalue weighted by atomic mass is 10.2. The largest absolute Gasteiger partial charge is 0.507 e. The third kappa shape index (κ3) is 4.43. The van der Waals surface area contributed by atoms with E-state index in [2.05, 4.69) is 5.32 Å². The number of anilines is 1. The molecule has 7 heteroatoms. The average Bonchev–Trinajstić information content (AvgIpc) is 2.50. The summed E-state index contributed by atoms with van der Waals surface area (Å²) in [6, 6.07) is 8.17. The highest BCUT2D eigenvalue weighted by molar-refractivity contribution is 6.31. The predicted molar refractivity (Wildman–Crippen MR) is 83.2 cm³/mol. The number of nitrogens with one attached hydrogen (secondary N) is 1. The number of hydrogen-bond donors (Lipinski definition) is 2. The maximum Gasteiger partial charge on any atom is 0.342 e. The second-order valence-corrected chi connectivity index (χ2v) is 5.21. The third-order valence-electron chi connectivity index (χ3n) is 2.91. The van der Waals surface area contributed by atoms with Gasteiger partial charge in [0, 0.05) is 5.02 Å². The zero-order valence-electron chi connectivity index (χ0n) is 12.1. The summed E-state index contributed by atoms with van der Waals surface area (Å²) in [4.78, 5) is 23.5. The van der Waals surface area contributed by atoms with Crippen LogP contribution in [-0.4, -0.2) is 23.6 Å². The number of halogens is 2. The van der Waals surface area contributed by atoms with Crippen LogP contribution < -0.4 is 5.32 Å². The van der Waals surface area contributed by atoms with Crippen molar-refractivity contribution >= 4 is 29.2 Å². The number of phenolic OH excluding ortho intramolecular Hbond substituents is 1. The highest BCUT2D eigenvalue weighted by Gasteiger charge is 2.15. The number of aryl methyl sites for hydroxylation is 1. The van der Waals surface area contributed by atoms with Crippen LogP contribution in [0.1, 0.15) is 15.9 Å². The van der Waals surface area contributed by atoms with E-state index in [0.29, 0.717) is 5.56 Å². The van der Waals surface area contributed by atoms with E-state index in [1.54, 1.807) is 13.0 Å². The summed E-state index contributed by atoms with van der Waals surface area (Å²) in [5.74, 6) is -2.52. The van der Waals surface area contributed by atoms with Crippen molar-refractivity contribution in [1.29, 1.82) is 0 Å². The Hall–Kier alpha value is -2.60. The maximum absolute atomic E-state index is 13.6. The van der Waals surface area contributed by atoms with Gasteiger partial charge in [0.05, 0.1) is 5.69 Å². The summed E-state index contributed by atoms with van der Waals surface area (Å²) in [6.45, 7) is 1.09. The van der Waals surface area contributed by atoms with E-state index in [9.17, 15) is 19.1 Å². The Morgan fingerprint density at radius 3 is 2.70 bits per heavy atom. The molecule has 0 aliphatic rings. The van der Waals surface area contributed by atoms with Crippen LogP contribution in [-0.2, 0) is 9.53 Å². The normalized spacial score (nSPS) is 10.2. The fraction of sp³-hybridized carbons (Fsp3) is 0.125. The van der Waals surface area contributed by atoms with Crippen LogP contribution in [0.2, 0.25) is 5.02 Å². The van der Waals surface area contributed by atoms with E-state index in [4.69, 9.17) is 16.3 Å². The van der Waals surface area contributed by atoms with E-state index in [1.165, 1.54) is 30.3 Å². The lowest BCUT2D eigenvalue weighted by Crippen LogP contribution is -2.21. The molecule has 0 aromatic heterocycles. The molecular formula is C16H13ClFNO4. The molecule has 2 aromatic rings. The number of amides is 1. The highest BCUT2D eigenvalue weighted by atomic mass is 35.5. The van der Waals surface area contributed by atoms with Crippen LogP contribution in [0, 0.1) is 12.7 Å². The van der Waals surface area contributed by atoms with Gasteiger partial charge in [-0.3, -0.25) is 4.79 Å². The van der Waals surface area contributed by atoms with Crippen molar-refractivity contribution < 1.29 is 23.8 Å². The smallest absolute Gasteiger partial charge is 0.342 e. The van der Waals surface area contributed by atoms with Crippen LogP contribution in [0.15, 0.2) is 36.4 Å². The molecule has 0 spiro atoms. The van der Waals surface area contributed by atoms with Crippen LogP contribution >= 0.6 is 11.6 Å². The number of benzene rings is 2. The van der Waals surface area contributed by atoms with Gasteiger partial charge < -0.3 is 15.2 Å². The molecule has 0 atom stereocenters. The Balaban J connectivity index is 1.96. The van der Waals surface area contributed by atoms with Gasteiger partial charge in [0.15, 0.2) is 6.61 Å². The van der Waals surface area contributed by atoms with Gasteiger partial charge in [0.2, 0.25) is 0 Å². The van der Waals surface area contributed by atoms with Crippen molar-refractivity contribution in [1.82, 2.24) is 0 Å². The quantitative estimate of drug-likeness (QED) is 0.839. The number of ether oxygens (including phenoxy) is 1. The highest BCUT2D eigenvalue weighted by Crippen LogP contribution is 2.22. The van der Waals surface area contributed by atoms with Crippen LogP contribution in [0.3, 0.4) is 0 Å². The number of esters is 1. The van der Waals surface area contributed by atoms with Crippen molar-refractivity contribution in [2.75, 3.05) is 11.9 Å². The van der Waals surface area contributed by atoms with Crippen LogP contribution in [0.25, 0.3) is 0 Å². The summed E-state index contributed by atoms with van der Waals surface area (Å²) in [5, 5.41) is 12.1. The summed E-state index contributed by atoms with van der Waals surface area (Å²) in [6.07, 6.45) is 0. The van der Waals surface area contributed by atoms with Crippen molar-refractivity contribution in [2.24, 2.45) is 0 Å². The molecule has 120 valence electrons. The summed E-state index contributed by atoms with van der Waals surface area (Å²) < 4.78 is 18.4. The molecule has 0 saturated carbocycles. The van der Waals surface area contributed by atoms with E-state index >= 15 is 0 Å².